The number of carboxylic acid groups (broad SMARTS) is 4. The van der Waals surface area contributed by atoms with Crippen LogP contribution in [0, 0.1) is 69.0 Å². The molecule has 4 rings (SSSR count). The van der Waals surface area contributed by atoms with Gasteiger partial charge >= 0.3 is 47.8 Å². The topological polar surface area (TPSA) is 292 Å². The number of aliphatic carboxylic acids is 4. The maximum absolute atomic E-state index is 11.8. The number of hydrogen-bond acceptors (Lipinski definition) is 14. The molecule has 0 bridgehead atoms. The molecule has 0 saturated heterocycles. The highest BCUT2D eigenvalue weighted by Crippen LogP contribution is 2.42. The van der Waals surface area contributed by atoms with E-state index in [0.717, 1.165) is 96.2 Å². The molecule has 4 aliphatic carbocycles. The third-order valence-corrected chi connectivity index (χ3v) is 15.0. The summed E-state index contributed by atoms with van der Waals surface area (Å²) in [6, 6.07) is 0. The maximum atomic E-state index is 11.8. The normalized spacial score (nSPS) is 23.9. The van der Waals surface area contributed by atoms with Gasteiger partial charge in [0.25, 0.3) is 0 Å². The summed E-state index contributed by atoms with van der Waals surface area (Å²) in [5, 5.41) is 45.4. The van der Waals surface area contributed by atoms with E-state index in [1.807, 2.05) is 74.5 Å². The van der Waals surface area contributed by atoms with Crippen molar-refractivity contribution in [3.63, 3.8) is 0 Å². The van der Waals surface area contributed by atoms with E-state index in [2.05, 4.69) is 13.2 Å². The van der Waals surface area contributed by atoms with E-state index in [1.165, 1.54) is 0 Å². The van der Waals surface area contributed by atoms with Crippen LogP contribution in [0.2, 0.25) is 0 Å². The largest absolute Gasteiger partial charge is 1.00 e. The predicted molar refractivity (Wildman–Crippen MR) is 330 cm³/mol. The molecule has 0 radical (unpaired) electrons. The van der Waals surface area contributed by atoms with Gasteiger partial charge in [-0.15, -0.1) is 13.2 Å². The third kappa shape index (κ3) is 31.2. The molecule has 4 fully saturated rings. The number of ether oxygens (including phenoxy) is 4. The first-order valence-electron chi connectivity index (χ1n) is 38.5. The predicted octanol–water partition coefficient (Wildman–Crippen LogP) is 14.8. The van der Waals surface area contributed by atoms with Crippen LogP contribution in [0.1, 0.15) is 246 Å². The van der Waals surface area contributed by atoms with E-state index in [-0.39, 0.29) is 74.4 Å². The lowest BCUT2D eigenvalue weighted by atomic mass is 9.79. The van der Waals surface area contributed by atoms with Crippen LogP contribution in [-0.2, 0) is 62.1 Å². The molecule has 0 amide bonds. The first kappa shape index (κ1) is 58.1. The fraction of sp³-hybridized carbons (Fsp3) is 0.790. The molecule has 0 aromatic rings. The van der Waals surface area contributed by atoms with Crippen molar-refractivity contribution >= 4 is 54.0 Å². The number of esters is 4. The molecule has 486 valence electrons. The summed E-state index contributed by atoms with van der Waals surface area (Å²) in [6.45, 7) is 29.3. The Morgan fingerprint density at radius 3 is 0.938 bits per heavy atom. The summed E-state index contributed by atoms with van der Waals surface area (Å²) >= 11 is 0. The number of unbranched alkanes of at least 4 members (excludes halogenated alkanes) is 3. The number of rotatable bonds is 31. The van der Waals surface area contributed by atoms with Gasteiger partial charge in [-0.25, -0.2) is 0 Å². The van der Waals surface area contributed by atoms with Crippen LogP contribution in [0.4, 0.5) is 0 Å². The quantitative estimate of drug-likeness (QED) is 0.0142. The summed E-state index contributed by atoms with van der Waals surface area (Å²) in [5.41, 5.74) is -1.83. The summed E-state index contributed by atoms with van der Waals surface area (Å²) < 4.78 is 121. The molecule has 12 atom stereocenters. The molecule has 80 heavy (non-hydrogen) atoms. The van der Waals surface area contributed by atoms with E-state index in [0.29, 0.717) is 30.1 Å². The molecule has 4 aliphatic rings. The van der Waals surface area contributed by atoms with Gasteiger partial charge in [0.1, 0.15) is 30.7 Å². The first-order valence-corrected chi connectivity index (χ1v) is 28.5. The molecule has 0 spiro atoms. The number of allylic oxidation sites excluding steroid dienone is 2. The average Bonchev–Trinajstić information content (AvgIpc) is 1.74. The number of carbonyl (C=O) groups excluding carboxylic acids is 5. The van der Waals surface area contributed by atoms with Gasteiger partial charge in [-0.3, -0.25) is 38.4 Å². The van der Waals surface area contributed by atoms with Gasteiger partial charge in [-0.2, -0.15) is 0 Å². The molecule has 18 nitrogen and oxygen atoms in total. The van der Waals surface area contributed by atoms with Crippen molar-refractivity contribution in [2.45, 2.75) is 237 Å². The Hall–Kier alpha value is -5.13. The van der Waals surface area contributed by atoms with Crippen molar-refractivity contribution in [3.8, 4) is 0 Å². The van der Waals surface area contributed by atoms with E-state index in [4.69, 9.17) is 64.0 Å². The summed E-state index contributed by atoms with van der Waals surface area (Å²) in [6.07, 6.45) is 17.7. The number of aliphatic hydroxyl groups is 1. The van der Waals surface area contributed by atoms with Gasteiger partial charge in [0.15, 0.2) is 0 Å². The van der Waals surface area contributed by atoms with Crippen molar-refractivity contribution in [2.24, 2.45) is 69.0 Å². The monoisotopic (exact) mass is 1190 g/mol. The average molecular weight is 1190 g/mol. The van der Waals surface area contributed by atoms with Gasteiger partial charge in [-0.05, 0) is 129 Å². The molecule has 0 aliphatic heterocycles. The minimum Gasteiger partial charge on any atom is -1.00 e. The molecule has 0 aromatic carbocycles. The van der Waals surface area contributed by atoms with Gasteiger partial charge in [0, 0.05) is 45.6 Å². The Balaban J connectivity index is -0.0000000777. The Bertz CT molecular complexity index is 2010. The highest BCUT2D eigenvalue weighted by molar-refractivity contribution is 5.81. The number of aliphatic hydroxyl groups excluding tert-OH is 1. The second-order valence-corrected chi connectivity index (χ2v) is 26.3. The van der Waals surface area contributed by atoms with E-state index in [9.17, 15) is 53.4 Å². The van der Waals surface area contributed by atoms with Crippen LogP contribution >= 0.6 is 0 Å². The second-order valence-electron chi connectivity index (χ2n) is 26.3. The third-order valence-electron chi connectivity index (χ3n) is 15.0. The lowest BCUT2D eigenvalue weighted by Crippen LogP contribution is -2.31. The Morgan fingerprint density at radius 1 is 0.463 bits per heavy atom. The van der Waals surface area contributed by atoms with Crippen LogP contribution in [0.15, 0.2) is 25.3 Å². The van der Waals surface area contributed by atoms with Crippen molar-refractivity contribution in [1.82, 2.24) is 0 Å². The molecule has 0 heterocycles. The van der Waals surface area contributed by atoms with Crippen molar-refractivity contribution in [2.75, 3.05) is 6.61 Å². The fourth-order valence-corrected chi connectivity index (χ4v) is 9.10. The zero-order valence-corrected chi connectivity index (χ0v) is 49.8. The number of hydrogen-bond donors (Lipinski definition) is 5. The summed E-state index contributed by atoms with van der Waals surface area (Å²) in [5.74, 6) is -6.66. The maximum Gasteiger partial charge on any atom is 0.307 e. The molecule has 4 saturated carbocycles. The number of carboxylic acids is 4. The van der Waals surface area contributed by atoms with E-state index < -0.39 is 87.1 Å². The van der Waals surface area contributed by atoms with Crippen LogP contribution in [0.5, 0.6) is 0 Å². The summed E-state index contributed by atoms with van der Waals surface area (Å²) in [7, 11) is 0. The zero-order valence-electron chi connectivity index (χ0n) is 70.8. The fourth-order valence-electron chi connectivity index (χ4n) is 9.10. The van der Waals surface area contributed by atoms with Crippen LogP contribution < -0.4 is 0 Å². The van der Waals surface area contributed by atoms with Crippen LogP contribution in [-0.4, -0.2) is 111 Å². The second kappa shape index (κ2) is 35.0. The summed E-state index contributed by atoms with van der Waals surface area (Å²) in [4.78, 5) is 102. The minimum absolute atomic E-state index is 0. The highest BCUT2D eigenvalue weighted by atomic mass is 16.6. The van der Waals surface area contributed by atoms with Gasteiger partial charge in [0.05, 0.1) is 49.4 Å². The number of aldehydes is 1. The van der Waals surface area contributed by atoms with Crippen LogP contribution in [0.3, 0.4) is 0 Å². The van der Waals surface area contributed by atoms with E-state index in [1.54, 1.807) is 20.8 Å². The molecule has 0 unspecified atom stereocenters. The Kier molecular flexibility index (Phi) is 25.4. The minimum atomic E-state index is -0.965. The van der Waals surface area contributed by atoms with Gasteiger partial charge < -0.3 is 50.7 Å². The Labute approximate surface area is 513 Å². The first-order chi connectivity index (χ1) is 46.5. The molecular formula is C62H129O18-. The highest BCUT2D eigenvalue weighted by Gasteiger charge is 2.45. The molecular weight excluding hydrogens is 1030 g/mol. The van der Waals surface area contributed by atoms with Crippen molar-refractivity contribution in [3.05, 3.63) is 25.3 Å². The van der Waals surface area contributed by atoms with Gasteiger partial charge in [0.2, 0.25) is 0 Å². The van der Waals surface area contributed by atoms with E-state index >= 15 is 0 Å². The van der Waals surface area contributed by atoms with Gasteiger partial charge in [-0.1, -0.05) is 109 Å². The lowest BCUT2D eigenvalue weighted by Gasteiger charge is -2.26. The zero-order chi connectivity index (χ0) is 80.6. The molecule has 18 heteroatoms. The SMILES string of the molecule is C.C=CCCC[C@@H]1C[C@H]1OC(=O)C[C@H](C(=O)O)C(C)(C)C.C=CCC[C@@H]1C[C@H]1OC(=O)C[C@H](C(=O)O)C(C)(C)C.CC(C)(C)[C@H](CC(=O)O[C@@H]1C[C@H]1CCCC=O)C(=O)O.CC(C)(C)[C@H](CC(=O)O[C@@H]1C[C@H]1CCCCO)C(=O)O.[2H-].[2HH].[2HH].[2H][2H].[2H][2H].[2H][2H].[2H][2H].[2H][2H].[2H][2H].[2H][2H].[2H][2H].[2H][2H].[2H][2H]. The molecule has 0 aromatic heterocycles. The standard InChI is InChI=1S/C16H26O4.C15H26O5.C15H24O5.C15H24O4.CH4.12H2.H/c1-5-6-7-8-11-9-13(11)20-14(17)10-12(15(18)19)16(2,3)4;2*1-15(2,3)11(14(18)19)9-13(17)20-12-8-10(12)6-4-5-7-16;1-5-6-7-10-8-12(10)19-13(16)9-11(14(17)18)15(2,3)4;;;;;;;;;;;;;;/h5,11-13H,1,6-10H2,2-4H3,(H,18,19);10-12,16H,4-9H2,1-3H3,(H,18,19);7,10-12H,4-6,8-9H2,1-3H3,(H,18,19);5,10-12H,1,6-9H2,2-4H3,(H,17,18);1H4;12*1H;/q;;;;;;;;;;;;;;;;;-1/t11-,12-,13-;3*10-,11-,12-;;;;;;;;;;;;;;/m1111............../s1/i;;;;;10*1+1D;3*1+1. The van der Waals surface area contributed by atoms with Crippen molar-refractivity contribution < 1.29 is 122 Å². The lowest BCUT2D eigenvalue weighted by molar-refractivity contribution is -0.156. The number of carbonyl (C=O) groups is 9. The molecule has 5 N–H and O–H groups in total. The smallest absolute Gasteiger partial charge is 0.307 e. The Morgan fingerprint density at radius 2 is 0.713 bits per heavy atom. The van der Waals surface area contributed by atoms with Crippen molar-refractivity contribution in [1.29, 1.82) is 0 Å². The van der Waals surface area contributed by atoms with Crippen LogP contribution in [0.25, 0.3) is 0 Å².